The molecule has 0 N–H and O–H groups in total. The van der Waals surface area contributed by atoms with E-state index in [1.165, 1.54) is 0 Å². The molecule has 0 saturated heterocycles. The quantitative estimate of drug-likeness (QED) is 0.289. The first-order chi connectivity index (χ1) is 13.8. The summed E-state index contributed by atoms with van der Waals surface area (Å²) in [6, 6.07) is 2.70. The fourth-order valence-corrected chi connectivity index (χ4v) is 6.09. The summed E-state index contributed by atoms with van der Waals surface area (Å²) < 4.78 is 0. The summed E-state index contributed by atoms with van der Waals surface area (Å²) in [5.41, 5.74) is -1.83. The first-order valence-electron chi connectivity index (χ1n) is 12.2. The summed E-state index contributed by atoms with van der Waals surface area (Å²) in [5.74, 6) is 1.44. The molecule has 1 unspecified atom stereocenters. The number of carbonyl (C=O) groups is 1. The van der Waals surface area contributed by atoms with Crippen LogP contribution in [0, 0.1) is 51.8 Å². The fourth-order valence-electron chi connectivity index (χ4n) is 6.09. The van der Waals surface area contributed by atoms with Gasteiger partial charge in [0.1, 0.15) is 5.78 Å². The number of hydrogen-bond acceptors (Lipinski definition) is 4. The van der Waals surface area contributed by atoms with E-state index in [2.05, 4.69) is 85.5 Å². The Balaban J connectivity index is 3.64. The number of ketones is 1. The average molecular weight is 418 g/mol. The third kappa shape index (κ3) is 5.51. The highest BCUT2D eigenvalue weighted by Gasteiger charge is 2.64. The molecule has 0 aromatic carbocycles. The Kier molecular flexibility index (Phi) is 9.27. The van der Waals surface area contributed by atoms with Gasteiger partial charge in [-0.2, -0.15) is 15.5 Å². The molecule has 4 nitrogen and oxygen atoms in total. The zero-order chi connectivity index (χ0) is 23.3. The molecule has 0 bridgehead atoms. The van der Waals surface area contributed by atoms with E-state index in [0.29, 0.717) is 30.1 Å². The second-order valence-electron chi connectivity index (χ2n) is 11.4. The lowest BCUT2D eigenvalue weighted by Crippen LogP contribution is -2.53. The number of carbonyl (C=O) groups excluding carboxylic acids is 1. The van der Waals surface area contributed by atoms with Crippen molar-refractivity contribution in [3.05, 3.63) is 0 Å². The van der Waals surface area contributed by atoms with Gasteiger partial charge in [0.05, 0.1) is 16.9 Å². The molecule has 1 aliphatic heterocycles. The maximum absolute atomic E-state index is 14.6. The largest absolute Gasteiger partial charge is 0.299 e. The number of nitriles is 1. The van der Waals surface area contributed by atoms with Gasteiger partial charge < -0.3 is 0 Å². The van der Waals surface area contributed by atoms with Crippen molar-refractivity contribution < 1.29 is 4.79 Å². The molecule has 0 saturated carbocycles. The van der Waals surface area contributed by atoms with Crippen molar-refractivity contribution in [3.63, 3.8) is 0 Å². The van der Waals surface area contributed by atoms with Crippen molar-refractivity contribution in [3.8, 4) is 6.07 Å². The van der Waals surface area contributed by atoms with E-state index in [-0.39, 0.29) is 11.7 Å². The lowest BCUT2D eigenvalue weighted by Gasteiger charge is -2.45. The first-order valence-corrected chi connectivity index (χ1v) is 12.2. The molecule has 1 aliphatic rings. The van der Waals surface area contributed by atoms with Crippen LogP contribution in [0.1, 0.15) is 108 Å². The molecule has 1 rings (SSSR count). The molecule has 0 radical (unpaired) electrons. The molecular weight excluding hydrogens is 370 g/mol. The summed E-state index contributed by atoms with van der Waals surface area (Å²) in [4.78, 5) is 14.6. The van der Waals surface area contributed by atoms with Gasteiger partial charge in [0, 0.05) is 5.92 Å². The van der Waals surface area contributed by atoms with E-state index in [1.54, 1.807) is 0 Å². The summed E-state index contributed by atoms with van der Waals surface area (Å²) in [5, 5.41) is 19.5. The molecule has 30 heavy (non-hydrogen) atoms. The molecular formula is C26H47N3O. The Morgan fingerprint density at radius 3 is 1.47 bits per heavy atom. The number of rotatable bonds is 14. The molecule has 172 valence electrons. The van der Waals surface area contributed by atoms with Crippen LogP contribution in [-0.4, -0.2) is 11.4 Å². The van der Waals surface area contributed by atoms with E-state index < -0.39 is 16.5 Å². The molecule has 0 aromatic rings. The van der Waals surface area contributed by atoms with Crippen LogP contribution >= 0.6 is 0 Å². The minimum atomic E-state index is -0.628. The van der Waals surface area contributed by atoms with E-state index in [0.717, 1.165) is 32.1 Å². The van der Waals surface area contributed by atoms with Gasteiger partial charge in [-0.1, -0.05) is 69.2 Å². The van der Waals surface area contributed by atoms with Crippen LogP contribution in [-0.2, 0) is 4.79 Å². The highest BCUT2D eigenvalue weighted by molar-refractivity contribution is 5.90. The summed E-state index contributed by atoms with van der Waals surface area (Å²) in [7, 11) is 0. The molecule has 4 heteroatoms. The van der Waals surface area contributed by atoms with E-state index in [4.69, 9.17) is 0 Å². The van der Waals surface area contributed by atoms with Crippen molar-refractivity contribution in [2.45, 2.75) is 113 Å². The second-order valence-corrected chi connectivity index (χ2v) is 11.4. The SMILES string of the molecule is CCC(C(=O)C(CC(C)C)(CC(C)C)C1(CC)N=N1)C(C#N)(CC(C)C)CC(C)C. The van der Waals surface area contributed by atoms with Crippen LogP contribution in [0.5, 0.6) is 0 Å². The lowest BCUT2D eigenvalue weighted by molar-refractivity contribution is -0.142. The van der Waals surface area contributed by atoms with Crippen molar-refractivity contribution >= 4 is 5.78 Å². The monoisotopic (exact) mass is 417 g/mol. The van der Waals surface area contributed by atoms with E-state index in [9.17, 15) is 10.1 Å². The van der Waals surface area contributed by atoms with Gasteiger partial charge in [-0.05, 0) is 62.2 Å². The van der Waals surface area contributed by atoms with Crippen molar-refractivity contribution in [1.29, 1.82) is 5.26 Å². The van der Waals surface area contributed by atoms with Crippen molar-refractivity contribution in [2.75, 3.05) is 0 Å². The third-order valence-electron chi connectivity index (χ3n) is 6.75. The van der Waals surface area contributed by atoms with Gasteiger partial charge in [0.2, 0.25) is 5.66 Å². The number of hydrogen-bond donors (Lipinski definition) is 0. The lowest BCUT2D eigenvalue weighted by atomic mass is 9.55. The Morgan fingerprint density at radius 1 is 0.833 bits per heavy atom. The highest BCUT2D eigenvalue weighted by atomic mass is 16.1. The van der Waals surface area contributed by atoms with Gasteiger partial charge in [-0.15, -0.1) is 0 Å². The predicted molar refractivity (Wildman–Crippen MR) is 125 cm³/mol. The zero-order valence-electron chi connectivity index (χ0n) is 21.4. The average Bonchev–Trinajstić information content (AvgIpc) is 3.40. The Bertz CT molecular complexity index is 613. The minimum absolute atomic E-state index is 0.252. The highest BCUT2D eigenvalue weighted by Crippen LogP contribution is 2.58. The molecule has 0 aromatic heterocycles. The van der Waals surface area contributed by atoms with Crippen LogP contribution < -0.4 is 0 Å². The predicted octanol–water partition coefficient (Wildman–Crippen LogP) is 7.83. The third-order valence-corrected chi connectivity index (χ3v) is 6.75. The molecule has 0 amide bonds. The second kappa shape index (κ2) is 10.4. The molecule has 1 heterocycles. The van der Waals surface area contributed by atoms with Gasteiger partial charge in [0.15, 0.2) is 0 Å². The maximum Gasteiger partial charge on any atom is 0.203 e. The Hall–Kier alpha value is -1.24. The Morgan fingerprint density at radius 2 is 1.23 bits per heavy atom. The molecule has 1 atom stereocenters. The van der Waals surface area contributed by atoms with E-state index in [1.807, 2.05) is 0 Å². The molecule has 0 spiro atoms. The summed E-state index contributed by atoms with van der Waals surface area (Å²) in [6.07, 6.45) is 4.54. The van der Waals surface area contributed by atoms with E-state index >= 15 is 0 Å². The topological polar surface area (TPSA) is 65.6 Å². The van der Waals surface area contributed by atoms with Crippen LogP contribution in [0.3, 0.4) is 0 Å². The summed E-state index contributed by atoms with van der Waals surface area (Å²) in [6.45, 7) is 21.6. The van der Waals surface area contributed by atoms with Gasteiger partial charge in [-0.25, -0.2) is 0 Å². The van der Waals surface area contributed by atoms with Gasteiger partial charge >= 0.3 is 0 Å². The van der Waals surface area contributed by atoms with Crippen LogP contribution in [0.2, 0.25) is 0 Å². The smallest absolute Gasteiger partial charge is 0.203 e. The first kappa shape index (κ1) is 26.8. The fraction of sp³-hybridized carbons (Fsp3) is 0.923. The van der Waals surface area contributed by atoms with Crippen LogP contribution in [0.25, 0.3) is 0 Å². The number of Topliss-reactive ketones (excluding diaryl/α,β-unsaturated/α-hetero) is 1. The minimum Gasteiger partial charge on any atom is -0.299 e. The van der Waals surface area contributed by atoms with Gasteiger partial charge in [-0.3, -0.25) is 4.79 Å². The maximum atomic E-state index is 14.6. The van der Waals surface area contributed by atoms with Crippen molar-refractivity contribution in [2.24, 2.45) is 50.6 Å². The van der Waals surface area contributed by atoms with Crippen molar-refractivity contribution in [1.82, 2.24) is 0 Å². The standard InChI is InChI=1S/C26H47N3O/c1-11-22(24(17-27,13-18(3)4)14-19(5)6)23(30)25(15-20(7)8,16-21(9)10)26(12-2)28-29-26/h18-22H,11-16H2,1-10H3. The zero-order valence-corrected chi connectivity index (χ0v) is 21.4. The van der Waals surface area contributed by atoms with Crippen LogP contribution in [0.15, 0.2) is 10.2 Å². The van der Waals surface area contributed by atoms with Gasteiger partial charge in [0.25, 0.3) is 0 Å². The molecule has 0 fully saturated rings. The Labute approximate surface area is 186 Å². The summed E-state index contributed by atoms with van der Waals surface area (Å²) >= 11 is 0. The van der Waals surface area contributed by atoms with Crippen LogP contribution in [0.4, 0.5) is 0 Å². The molecule has 0 aliphatic carbocycles. The number of nitrogens with zero attached hydrogens (tertiary/aromatic N) is 3. The normalized spacial score (nSPS) is 17.1.